The minimum atomic E-state index is 0.428. The molecule has 0 heterocycles. The van der Waals surface area contributed by atoms with Gasteiger partial charge in [-0.25, -0.2) is 0 Å². The molecule has 84 valence electrons. The molecule has 0 aromatic heterocycles. The van der Waals surface area contributed by atoms with E-state index >= 15 is 0 Å². The van der Waals surface area contributed by atoms with Crippen LogP contribution < -0.4 is 5.73 Å². The van der Waals surface area contributed by atoms with E-state index in [1.54, 1.807) is 7.11 Å². The van der Waals surface area contributed by atoms with Gasteiger partial charge in [0.2, 0.25) is 0 Å². The highest BCUT2D eigenvalue weighted by Gasteiger charge is 2.28. The first kappa shape index (κ1) is 11.9. The summed E-state index contributed by atoms with van der Waals surface area (Å²) >= 11 is 0. The van der Waals surface area contributed by atoms with Gasteiger partial charge >= 0.3 is 0 Å². The predicted molar refractivity (Wildman–Crippen MR) is 56.3 cm³/mol. The molecule has 2 N–H and O–H groups in total. The van der Waals surface area contributed by atoms with E-state index < -0.39 is 0 Å². The van der Waals surface area contributed by atoms with Crippen molar-refractivity contribution < 1.29 is 9.47 Å². The second-order valence-corrected chi connectivity index (χ2v) is 3.97. The summed E-state index contributed by atoms with van der Waals surface area (Å²) in [5.41, 5.74) is 5.73. The Bertz CT molecular complexity index is 149. The Labute approximate surface area is 86.3 Å². The van der Waals surface area contributed by atoms with Crippen LogP contribution >= 0.6 is 0 Å². The zero-order valence-electron chi connectivity index (χ0n) is 9.24. The Morgan fingerprint density at radius 1 is 1.29 bits per heavy atom. The van der Waals surface area contributed by atoms with E-state index in [9.17, 15) is 0 Å². The lowest BCUT2D eigenvalue weighted by Crippen LogP contribution is -2.49. The molecule has 1 aliphatic carbocycles. The molecule has 1 rings (SSSR count). The van der Waals surface area contributed by atoms with E-state index in [2.05, 4.69) is 11.9 Å². The number of nitrogens with two attached hydrogens (primary N) is 1. The highest BCUT2D eigenvalue weighted by Crippen LogP contribution is 2.22. The predicted octanol–water partition coefficient (Wildman–Crippen LogP) is 0.0709. The molecule has 1 saturated carbocycles. The number of hydrogen-bond donors (Lipinski definition) is 1. The van der Waals surface area contributed by atoms with Crippen molar-refractivity contribution in [2.45, 2.75) is 24.9 Å². The first-order chi connectivity index (χ1) is 6.74. The first-order valence-electron chi connectivity index (χ1n) is 5.26. The number of nitrogens with zero attached hydrogens (tertiary/aromatic N) is 1. The summed E-state index contributed by atoms with van der Waals surface area (Å²) in [4.78, 5) is 2.33. The summed E-state index contributed by atoms with van der Waals surface area (Å²) in [5.74, 6) is 0. The molecule has 0 aromatic rings. The van der Waals surface area contributed by atoms with E-state index in [-0.39, 0.29) is 0 Å². The van der Waals surface area contributed by atoms with Gasteiger partial charge in [-0.15, -0.1) is 0 Å². The van der Waals surface area contributed by atoms with Crippen molar-refractivity contribution >= 4 is 0 Å². The fraction of sp³-hybridized carbons (Fsp3) is 1.00. The fourth-order valence-corrected chi connectivity index (χ4v) is 1.63. The van der Waals surface area contributed by atoms with Gasteiger partial charge in [0, 0.05) is 25.7 Å². The van der Waals surface area contributed by atoms with Gasteiger partial charge in [0.1, 0.15) is 0 Å². The maximum Gasteiger partial charge on any atom is 0.0700 e. The number of methoxy groups -OCH3 is 1. The van der Waals surface area contributed by atoms with Crippen molar-refractivity contribution in [2.75, 3.05) is 40.5 Å². The Kier molecular flexibility index (Phi) is 5.40. The van der Waals surface area contributed by atoms with Gasteiger partial charge in [-0.05, 0) is 19.9 Å². The molecule has 0 aromatic carbocycles. The summed E-state index contributed by atoms with van der Waals surface area (Å²) in [6.45, 7) is 3.14. The van der Waals surface area contributed by atoms with Gasteiger partial charge < -0.3 is 20.1 Å². The van der Waals surface area contributed by atoms with E-state index in [1.807, 2.05) is 0 Å². The lowest BCUT2D eigenvalue weighted by Gasteiger charge is -2.39. The molecule has 1 aliphatic rings. The molecule has 14 heavy (non-hydrogen) atoms. The molecule has 0 unspecified atom stereocenters. The number of likely N-dealkylation sites (N-methyl/N-ethyl adjacent to an activating group) is 1. The molecular weight excluding hydrogens is 180 g/mol. The molecule has 0 aliphatic heterocycles. The van der Waals surface area contributed by atoms with Crippen LogP contribution in [-0.2, 0) is 9.47 Å². The molecular formula is C10H22N2O2. The van der Waals surface area contributed by atoms with Crippen molar-refractivity contribution in [1.29, 1.82) is 0 Å². The van der Waals surface area contributed by atoms with Gasteiger partial charge in [0.05, 0.1) is 19.8 Å². The van der Waals surface area contributed by atoms with Gasteiger partial charge in [-0.3, -0.25) is 0 Å². The average Bonchev–Trinajstić information content (AvgIpc) is 2.12. The molecule has 0 bridgehead atoms. The molecule has 0 atom stereocenters. The van der Waals surface area contributed by atoms with Crippen LogP contribution in [0.5, 0.6) is 0 Å². The summed E-state index contributed by atoms with van der Waals surface area (Å²) < 4.78 is 10.3. The van der Waals surface area contributed by atoms with Crippen LogP contribution in [0.15, 0.2) is 0 Å². The van der Waals surface area contributed by atoms with Gasteiger partial charge in [-0.1, -0.05) is 0 Å². The van der Waals surface area contributed by atoms with Crippen LogP contribution in [0.25, 0.3) is 0 Å². The van der Waals surface area contributed by atoms with Crippen LogP contribution in [0, 0.1) is 0 Å². The minimum Gasteiger partial charge on any atom is -0.382 e. The zero-order valence-corrected chi connectivity index (χ0v) is 9.24. The van der Waals surface area contributed by atoms with Crippen molar-refractivity contribution in [1.82, 2.24) is 4.90 Å². The summed E-state index contributed by atoms with van der Waals surface area (Å²) in [7, 11) is 3.82. The van der Waals surface area contributed by atoms with E-state index in [1.165, 1.54) is 0 Å². The average molecular weight is 202 g/mol. The van der Waals surface area contributed by atoms with Gasteiger partial charge in [0.25, 0.3) is 0 Å². The largest absolute Gasteiger partial charge is 0.382 e. The van der Waals surface area contributed by atoms with Crippen LogP contribution in [0.3, 0.4) is 0 Å². The van der Waals surface area contributed by atoms with Crippen LogP contribution in [0.2, 0.25) is 0 Å². The Balaban J connectivity index is 1.90. The van der Waals surface area contributed by atoms with Crippen molar-refractivity contribution in [3.8, 4) is 0 Å². The second kappa shape index (κ2) is 6.35. The monoisotopic (exact) mass is 202 g/mol. The lowest BCUT2D eigenvalue weighted by molar-refractivity contribution is 0.0442. The van der Waals surface area contributed by atoms with Gasteiger partial charge in [-0.2, -0.15) is 0 Å². The van der Waals surface area contributed by atoms with Crippen molar-refractivity contribution in [3.05, 3.63) is 0 Å². The van der Waals surface area contributed by atoms with Gasteiger partial charge in [0.15, 0.2) is 0 Å². The third-order valence-corrected chi connectivity index (χ3v) is 2.79. The Morgan fingerprint density at radius 3 is 2.57 bits per heavy atom. The van der Waals surface area contributed by atoms with E-state index in [0.29, 0.717) is 25.3 Å². The Morgan fingerprint density at radius 2 is 2.00 bits per heavy atom. The molecule has 0 spiro atoms. The highest BCUT2D eigenvalue weighted by atomic mass is 16.5. The van der Waals surface area contributed by atoms with Crippen LogP contribution in [0.1, 0.15) is 12.8 Å². The third-order valence-electron chi connectivity index (χ3n) is 2.79. The standard InChI is InChI=1S/C10H22N2O2/c1-12(10-7-9(11)8-10)3-4-14-6-5-13-2/h9-10H,3-8,11H2,1-2H3. The lowest BCUT2D eigenvalue weighted by atomic mass is 9.86. The summed E-state index contributed by atoms with van der Waals surface area (Å²) in [6.07, 6.45) is 2.27. The minimum absolute atomic E-state index is 0.428. The molecule has 4 heteroatoms. The normalized spacial score (nSPS) is 26.6. The molecule has 0 saturated heterocycles. The van der Waals surface area contributed by atoms with Crippen LogP contribution in [-0.4, -0.2) is 57.5 Å². The van der Waals surface area contributed by atoms with Crippen LogP contribution in [0.4, 0.5) is 0 Å². The second-order valence-electron chi connectivity index (χ2n) is 3.97. The molecule has 0 radical (unpaired) electrons. The number of hydrogen-bond acceptors (Lipinski definition) is 4. The van der Waals surface area contributed by atoms with E-state index in [0.717, 1.165) is 26.0 Å². The molecule has 4 nitrogen and oxygen atoms in total. The third kappa shape index (κ3) is 3.92. The zero-order chi connectivity index (χ0) is 10.4. The maximum atomic E-state index is 5.73. The highest BCUT2D eigenvalue weighted by molar-refractivity contribution is 4.88. The molecule has 0 amide bonds. The topological polar surface area (TPSA) is 47.7 Å². The summed E-state index contributed by atoms with van der Waals surface area (Å²) in [5, 5.41) is 0. The SMILES string of the molecule is COCCOCCN(C)C1CC(N)C1. The van der Waals surface area contributed by atoms with Crippen molar-refractivity contribution in [3.63, 3.8) is 0 Å². The quantitative estimate of drug-likeness (QED) is 0.594. The number of rotatable bonds is 7. The van der Waals surface area contributed by atoms with Crippen molar-refractivity contribution in [2.24, 2.45) is 5.73 Å². The maximum absolute atomic E-state index is 5.73. The summed E-state index contributed by atoms with van der Waals surface area (Å²) in [6, 6.07) is 1.10. The van der Waals surface area contributed by atoms with E-state index in [4.69, 9.17) is 15.2 Å². The fourth-order valence-electron chi connectivity index (χ4n) is 1.63. The smallest absolute Gasteiger partial charge is 0.0700 e. The number of ether oxygens (including phenoxy) is 2. The Hall–Kier alpha value is -0.160. The first-order valence-corrected chi connectivity index (χ1v) is 5.26. The molecule has 1 fully saturated rings.